The molecule has 0 aliphatic carbocycles. The van der Waals surface area contributed by atoms with Gasteiger partial charge in [0.25, 0.3) is 0 Å². The van der Waals surface area contributed by atoms with Crippen LogP contribution >= 0.6 is 0 Å². The predicted molar refractivity (Wildman–Crippen MR) is 76.6 cm³/mol. The third kappa shape index (κ3) is 2.62. The number of hydrogen-bond acceptors (Lipinski definition) is 5. The van der Waals surface area contributed by atoms with Crippen LogP contribution in [0.1, 0.15) is 12.8 Å². The molecule has 2 aliphatic heterocycles. The molecule has 3 rings (SSSR count). The normalized spacial score (nSPS) is 25.9. The second-order valence-electron chi connectivity index (χ2n) is 5.37. The molecule has 6 heteroatoms. The van der Waals surface area contributed by atoms with E-state index in [1.165, 1.54) is 12.8 Å². The fourth-order valence-electron chi connectivity index (χ4n) is 2.74. The Morgan fingerprint density at radius 2 is 2.20 bits per heavy atom. The molecule has 0 radical (unpaired) electrons. The zero-order valence-corrected chi connectivity index (χ0v) is 11.4. The number of nitrogens with one attached hydrogen (secondary N) is 1. The quantitative estimate of drug-likeness (QED) is 0.844. The van der Waals surface area contributed by atoms with Crippen molar-refractivity contribution >= 4 is 17.4 Å². The number of aromatic nitrogens is 1. The molecule has 6 nitrogen and oxygen atoms in total. The summed E-state index contributed by atoms with van der Waals surface area (Å²) >= 11 is 0. The van der Waals surface area contributed by atoms with E-state index in [4.69, 9.17) is 10.5 Å². The van der Waals surface area contributed by atoms with E-state index in [0.717, 1.165) is 24.6 Å². The summed E-state index contributed by atoms with van der Waals surface area (Å²) in [6.45, 7) is 2.83. The first-order chi connectivity index (χ1) is 9.75. The molecule has 2 unspecified atom stereocenters. The van der Waals surface area contributed by atoms with Crippen molar-refractivity contribution < 1.29 is 9.53 Å². The first-order valence-corrected chi connectivity index (χ1v) is 7.10. The smallest absolute Gasteiger partial charge is 0.231 e. The van der Waals surface area contributed by atoms with E-state index in [9.17, 15) is 4.79 Å². The van der Waals surface area contributed by atoms with E-state index in [2.05, 4.69) is 15.2 Å². The Hall–Kier alpha value is -1.66. The lowest BCUT2D eigenvalue weighted by molar-refractivity contribution is -0.120. The maximum absolute atomic E-state index is 12.3. The zero-order valence-electron chi connectivity index (χ0n) is 11.4. The molecule has 2 saturated heterocycles. The van der Waals surface area contributed by atoms with E-state index in [0.29, 0.717) is 13.2 Å². The molecular weight excluding hydrogens is 256 g/mol. The van der Waals surface area contributed by atoms with Crippen LogP contribution in [0.3, 0.4) is 0 Å². The molecule has 0 bridgehead atoms. The van der Waals surface area contributed by atoms with Gasteiger partial charge in [-0.1, -0.05) is 0 Å². The molecule has 2 aliphatic rings. The van der Waals surface area contributed by atoms with Crippen molar-refractivity contribution in [3.63, 3.8) is 0 Å². The average molecular weight is 276 g/mol. The molecule has 108 valence electrons. The van der Waals surface area contributed by atoms with Crippen molar-refractivity contribution in [2.45, 2.75) is 18.9 Å². The van der Waals surface area contributed by atoms with Crippen molar-refractivity contribution in [1.29, 1.82) is 0 Å². The zero-order chi connectivity index (χ0) is 13.9. The van der Waals surface area contributed by atoms with E-state index in [-0.39, 0.29) is 17.9 Å². The second kappa shape index (κ2) is 5.76. The van der Waals surface area contributed by atoms with Gasteiger partial charge in [-0.3, -0.25) is 4.79 Å². The Labute approximate surface area is 118 Å². The second-order valence-corrected chi connectivity index (χ2v) is 5.37. The van der Waals surface area contributed by atoms with Crippen LogP contribution in [0, 0.1) is 5.92 Å². The Balaban J connectivity index is 1.75. The van der Waals surface area contributed by atoms with Gasteiger partial charge < -0.3 is 20.7 Å². The highest BCUT2D eigenvalue weighted by Crippen LogP contribution is 2.27. The lowest BCUT2D eigenvalue weighted by atomic mass is 10.0. The minimum absolute atomic E-state index is 0.0801. The highest BCUT2D eigenvalue weighted by Gasteiger charge is 2.32. The lowest BCUT2D eigenvalue weighted by Crippen LogP contribution is -2.37. The Morgan fingerprint density at radius 1 is 1.40 bits per heavy atom. The molecule has 3 N–H and O–H groups in total. The maximum Gasteiger partial charge on any atom is 0.231 e. The summed E-state index contributed by atoms with van der Waals surface area (Å²) in [4.78, 5) is 18.9. The molecule has 1 aromatic heterocycles. The fourth-order valence-corrected chi connectivity index (χ4v) is 2.74. The highest BCUT2D eigenvalue weighted by atomic mass is 16.5. The van der Waals surface area contributed by atoms with Gasteiger partial charge in [0, 0.05) is 25.3 Å². The molecule has 3 heterocycles. The Bertz CT molecular complexity index is 488. The largest absolute Gasteiger partial charge is 0.379 e. The van der Waals surface area contributed by atoms with Gasteiger partial charge in [-0.25, -0.2) is 4.98 Å². The third-order valence-electron chi connectivity index (χ3n) is 3.91. The van der Waals surface area contributed by atoms with Crippen molar-refractivity contribution in [2.24, 2.45) is 11.7 Å². The Morgan fingerprint density at radius 3 is 2.90 bits per heavy atom. The number of nitrogens with two attached hydrogens (primary N) is 1. The summed E-state index contributed by atoms with van der Waals surface area (Å²) in [5.41, 5.74) is 6.64. The number of carbonyl (C=O) groups is 1. The van der Waals surface area contributed by atoms with Crippen molar-refractivity contribution in [3.8, 4) is 0 Å². The van der Waals surface area contributed by atoms with Crippen LogP contribution in [0.4, 0.5) is 11.5 Å². The third-order valence-corrected chi connectivity index (χ3v) is 3.91. The number of ether oxygens (including phenoxy) is 1. The minimum atomic E-state index is -0.276. The van der Waals surface area contributed by atoms with Crippen molar-refractivity contribution in [1.82, 2.24) is 4.98 Å². The van der Waals surface area contributed by atoms with Crippen LogP contribution in [0.2, 0.25) is 0 Å². The molecule has 2 atom stereocenters. The molecule has 0 spiro atoms. The van der Waals surface area contributed by atoms with Gasteiger partial charge in [0.15, 0.2) is 5.82 Å². The molecule has 1 aromatic rings. The van der Waals surface area contributed by atoms with Gasteiger partial charge in [0.1, 0.15) is 0 Å². The summed E-state index contributed by atoms with van der Waals surface area (Å²) in [7, 11) is 0. The van der Waals surface area contributed by atoms with Gasteiger partial charge >= 0.3 is 0 Å². The monoisotopic (exact) mass is 276 g/mol. The molecule has 2 fully saturated rings. The van der Waals surface area contributed by atoms with Crippen LogP contribution in [0.5, 0.6) is 0 Å². The molecule has 0 aromatic carbocycles. The summed E-state index contributed by atoms with van der Waals surface area (Å²) < 4.78 is 5.25. The first-order valence-electron chi connectivity index (χ1n) is 7.10. The predicted octanol–water partition coefficient (Wildman–Crippen LogP) is 0.594. The van der Waals surface area contributed by atoms with E-state index in [1.54, 1.807) is 6.20 Å². The molecule has 0 saturated carbocycles. The van der Waals surface area contributed by atoms with Crippen LogP contribution in [-0.4, -0.2) is 43.2 Å². The molecule has 20 heavy (non-hydrogen) atoms. The van der Waals surface area contributed by atoms with Gasteiger partial charge in [-0.15, -0.1) is 0 Å². The van der Waals surface area contributed by atoms with Crippen LogP contribution in [0.15, 0.2) is 18.3 Å². The lowest BCUT2D eigenvalue weighted by Gasteiger charge is -2.21. The number of hydrogen-bond donors (Lipinski definition) is 2. The minimum Gasteiger partial charge on any atom is -0.379 e. The fraction of sp³-hybridized carbons (Fsp3) is 0.571. The van der Waals surface area contributed by atoms with Gasteiger partial charge in [-0.05, 0) is 25.0 Å². The average Bonchev–Trinajstić information content (AvgIpc) is 3.10. The van der Waals surface area contributed by atoms with Gasteiger partial charge in [0.05, 0.1) is 24.8 Å². The molecular formula is C14H20N4O2. The SMILES string of the molecule is NC1COCC1C(=O)Nc1cccnc1N1CCCC1. The topological polar surface area (TPSA) is 80.5 Å². The number of nitrogens with zero attached hydrogens (tertiary/aromatic N) is 2. The van der Waals surface area contributed by atoms with E-state index < -0.39 is 0 Å². The number of anilines is 2. The number of pyridine rings is 1. The van der Waals surface area contributed by atoms with Crippen LogP contribution in [-0.2, 0) is 9.53 Å². The van der Waals surface area contributed by atoms with Gasteiger partial charge in [-0.2, -0.15) is 0 Å². The highest BCUT2D eigenvalue weighted by molar-refractivity contribution is 5.95. The van der Waals surface area contributed by atoms with Crippen molar-refractivity contribution in [3.05, 3.63) is 18.3 Å². The van der Waals surface area contributed by atoms with Crippen LogP contribution in [0.25, 0.3) is 0 Å². The van der Waals surface area contributed by atoms with Gasteiger partial charge in [0.2, 0.25) is 5.91 Å². The number of rotatable bonds is 3. The summed E-state index contributed by atoms with van der Waals surface area (Å²) in [5, 5.41) is 2.96. The standard InChI is InChI=1S/C14H20N4O2/c15-11-9-20-8-10(11)14(19)17-12-4-3-5-16-13(12)18-6-1-2-7-18/h3-5,10-11H,1-2,6-9,15H2,(H,17,19). The Kier molecular flexibility index (Phi) is 3.84. The molecule has 1 amide bonds. The summed E-state index contributed by atoms with van der Waals surface area (Å²) in [6.07, 6.45) is 4.10. The van der Waals surface area contributed by atoms with Crippen LogP contribution < -0.4 is 16.0 Å². The first kappa shape index (κ1) is 13.3. The number of carbonyl (C=O) groups excluding carboxylic acids is 1. The van der Waals surface area contributed by atoms with E-state index >= 15 is 0 Å². The van der Waals surface area contributed by atoms with E-state index in [1.807, 2.05) is 12.1 Å². The van der Waals surface area contributed by atoms with Crippen molar-refractivity contribution in [2.75, 3.05) is 36.5 Å². The summed E-state index contributed by atoms with van der Waals surface area (Å²) in [6, 6.07) is 3.50. The summed E-state index contributed by atoms with van der Waals surface area (Å²) in [5.74, 6) is 0.496. The number of amides is 1. The maximum atomic E-state index is 12.3.